The van der Waals surface area contributed by atoms with Crippen LogP contribution in [0.1, 0.15) is 31.7 Å². The van der Waals surface area contributed by atoms with E-state index < -0.39 is 11.6 Å². The zero-order valence-corrected chi connectivity index (χ0v) is 11.7. The van der Waals surface area contributed by atoms with Crippen molar-refractivity contribution in [3.8, 4) is 0 Å². The van der Waals surface area contributed by atoms with Gasteiger partial charge in [0, 0.05) is 19.5 Å². The van der Waals surface area contributed by atoms with Gasteiger partial charge in [0.05, 0.1) is 5.60 Å². The molecule has 1 fully saturated rings. The van der Waals surface area contributed by atoms with Crippen LogP contribution < -0.4 is 0 Å². The van der Waals surface area contributed by atoms with Crippen molar-refractivity contribution < 1.29 is 15.0 Å². The molecule has 19 heavy (non-hydrogen) atoms. The van der Waals surface area contributed by atoms with E-state index in [9.17, 15) is 9.90 Å². The van der Waals surface area contributed by atoms with E-state index in [1.165, 1.54) is 0 Å². The molecule has 0 radical (unpaired) electrons. The Morgan fingerprint density at radius 3 is 2.16 bits per heavy atom. The molecule has 0 bridgehead atoms. The first-order chi connectivity index (χ1) is 8.98. The maximum Gasteiger partial charge on any atom is 0.303 e. The van der Waals surface area contributed by atoms with Crippen molar-refractivity contribution in [1.82, 2.24) is 4.90 Å². The molecule has 106 valence electrons. The number of carboxylic acid groups (broad SMARTS) is 1. The van der Waals surface area contributed by atoms with Gasteiger partial charge < -0.3 is 15.1 Å². The Bertz CT molecular complexity index is 384. The minimum atomic E-state index is -0.745. The Kier molecular flexibility index (Phi) is 5.99. The number of carbonyl (C=O) groups is 1. The number of piperidine rings is 1. The van der Waals surface area contributed by atoms with E-state index in [-0.39, 0.29) is 6.42 Å². The zero-order valence-electron chi connectivity index (χ0n) is 11.7. The normalized spacial score (nSPS) is 18.3. The predicted octanol–water partition coefficient (Wildman–Crippen LogP) is 2.08. The molecule has 1 aromatic rings. The fourth-order valence-corrected chi connectivity index (χ4v) is 2.03. The van der Waals surface area contributed by atoms with Crippen molar-refractivity contribution >= 4 is 5.97 Å². The van der Waals surface area contributed by atoms with Crippen LogP contribution in [-0.2, 0) is 10.4 Å². The number of likely N-dealkylation sites (tertiary alicyclic amines) is 1. The lowest BCUT2D eigenvalue weighted by Crippen LogP contribution is -2.40. The highest BCUT2D eigenvalue weighted by molar-refractivity contribution is 5.66. The van der Waals surface area contributed by atoms with Gasteiger partial charge in [-0.05, 0) is 25.5 Å². The van der Waals surface area contributed by atoms with Crippen LogP contribution in [0.4, 0.5) is 0 Å². The first-order valence-electron chi connectivity index (χ1n) is 6.66. The Labute approximate surface area is 114 Å². The first kappa shape index (κ1) is 15.7. The Balaban J connectivity index is 0.000000312. The monoisotopic (exact) mass is 265 g/mol. The summed E-state index contributed by atoms with van der Waals surface area (Å²) >= 11 is 0. The van der Waals surface area contributed by atoms with Crippen LogP contribution in [0, 0.1) is 0 Å². The lowest BCUT2D eigenvalue weighted by molar-refractivity contribution is -0.136. The minimum Gasteiger partial charge on any atom is -0.481 e. The minimum absolute atomic E-state index is 0.222. The van der Waals surface area contributed by atoms with Crippen molar-refractivity contribution in [3.63, 3.8) is 0 Å². The molecular weight excluding hydrogens is 242 g/mol. The van der Waals surface area contributed by atoms with Gasteiger partial charge in [0.25, 0.3) is 0 Å². The molecule has 2 rings (SSSR count). The topological polar surface area (TPSA) is 60.8 Å². The maximum absolute atomic E-state index is 10.4. The van der Waals surface area contributed by atoms with Gasteiger partial charge in [-0.3, -0.25) is 4.79 Å². The number of rotatable bonds is 2. The number of aliphatic hydroxyl groups is 1. The van der Waals surface area contributed by atoms with Crippen molar-refractivity contribution in [2.75, 3.05) is 20.1 Å². The summed E-state index contributed by atoms with van der Waals surface area (Å²) in [5, 5.41) is 18.2. The van der Waals surface area contributed by atoms with Crippen LogP contribution in [0.2, 0.25) is 0 Å². The Morgan fingerprint density at radius 1 is 1.26 bits per heavy atom. The van der Waals surface area contributed by atoms with E-state index in [0.29, 0.717) is 0 Å². The van der Waals surface area contributed by atoms with Crippen LogP contribution in [-0.4, -0.2) is 41.2 Å². The number of benzene rings is 1. The molecule has 1 saturated heterocycles. The second kappa shape index (κ2) is 7.26. The van der Waals surface area contributed by atoms with Crippen LogP contribution in [0.25, 0.3) is 0 Å². The molecule has 1 heterocycles. The quantitative estimate of drug-likeness (QED) is 0.859. The largest absolute Gasteiger partial charge is 0.481 e. The van der Waals surface area contributed by atoms with Crippen molar-refractivity contribution in [2.24, 2.45) is 0 Å². The predicted molar refractivity (Wildman–Crippen MR) is 75.0 cm³/mol. The summed E-state index contributed by atoms with van der Waals surface area (Å²) in [5.41, 5.74) is 0.474. The van der Waals surface area contributed by atoms with E-state index in [4.69, 9.17) is 5.11 Å². The van der Waals surface area contributed by atoms with Gasteiger partial charge in [0.1, 0.15) is 0 Å². The van der Waals surface area contributed by atoms with Crippen molar-refractivity contribution in [1.29, 1.82) is 0 Å². The molecule has 0 aliphatic carbocycles. The third kappa shape index (κ3) is 5.01. The van der Waals surface area contributed by atoms with Crippen LogP contribution in [0.15, 0.2) is 30.3 Å². The summed E-state index contributed by atoms with van der Waals surface area (Å²) in [6.07, 6.45) is 1.90. The Hall–Kier alpha value is -1.39. The summed E-state index contributed by atoms with van der Waals surface area (Å²) in [7, 11) is 2.10. The fraction of sp³-hybridized carbons (Fsp3) is 0.533. The summed E-state index contributed by atoms with van der Waals surface area (Å²) in [4.78, 5) is 11.6. The Morgan fingerprint density at radius 2 is 1.74 bits per heavy atom. The molecular formula is C15H23NO3. The maximum atomic E-state index is 10.4. The number of aliphatic carboxylic acids is 1. The van der Waals surface area contributed by atoms with E-state index >= 15 is 0 Å². The van der Waals surface area contributed by atoms with E-state index in [2.05, 4.69) is 11.9 Å². The second-order valence-corrected chi connectivity index (χ2v) is 4.95. The van der Waals surface area contributed by atoms with E-state index in [1.807, 2.05) is 30.3 Å². The highest BCUT2D eigenvalue weighted by Crippen LogP contribution is 2.31. The SMILES string of the molecule is CCC(=O)O.CN1CCC(O)(c2ccccc2)CC1. The molecule has 2 N–H and O–H groups in total. The van der Waals surface area contributed by atoms with E-state index in [0.717, 1.165) is 31.5 Å². The number of hydrogen-bond acceptors (Lipinski definition) is 3. The number of carboxylic acids is 1. The molecule has 0 unspecified atom stereocenters. The van der Waals surface area contributed by atoms with Crippen molar-refractivity contribution in [2.45, 2.75) is 31.8 Å². The molecule has 0 atom stereocenters. The standard InChI is InChI=1S/C12H17NO.C3H6O2/c1-13-9-7-12(14,8-10-13)11-5-3-2-4-6-11;1-2-3(4)5/h2-6,14H,7-10H2,1H3;2H2,1H3,(H,4,5). The number of hydrogen-bond donors (Lipinski definition) is 2. The van der Waals surface area contributed by atoms with Gasteiger partial charge in [-0.25, -0.2) is 0 Å². The molecule has 1 aliphatic rings. The fourth-order valence-electron chi connectivity index (χ4n) is 2.03. The third-order valence-corrected chi connectivity index (χ3v) is 3.43. The average Bonchev–Trinajstić information content (AvgIpc) is 2.44. The summed E-state index contributed by atoms with van der Waals surface area (Å²) < 4.78 is 0. The van der Waals surface area contributed by atoms with Crippen LogP contribution in [0.3, 0.4) is 0 Å². The first-order valence-corrected chi connectivity index (χ1v) is 6.66. The van der Waals surface area contributed by atoms with Gasteiger partial charge in [-0.15, -0.1) is 0 Å². The summed E-state index contributed by atoms with van der Waals surface area (Å²) in [6.45, 7) is 3.55. The van der Waals surface area contributed by atoms with E-state index in [1.54, 1.807) is 6.92 Å². The van der Waals surface area contributed by atoms with Gasteiger partial charge >= 0.3 is 5.97 Å². The molecule has 1 aliphatic heterocycles. The average molecular weight is 265 g/mol. The molecule has 4 nitrogen and oxygen atoms in total. The number of nitrogens with zero attached hydrogens (tertiary/aromatic N) is 1. The van der Waals surface area contributed by atoms with Crippen LogP contribution >= 0.6 is 0 Å². The van der Waals surface area contributed by atoms with Crippen LogP contribution in [0.5, 0.6) is 0 Å². The molecule has 4 heteroatoms. The summed E-state index contributed by atoms with van der Waals surface area (Å²) in [6, 6.07) is 10.0. The smallest absolute Gasteiger partial charge is 0.303 e. The molecule has 0 aromatic heterocycles. The molecule has 0 saturated carbocycles. The highest BCUT2D eigenvalue weighted by Gasteiger charge is 2.32. The van der Waals surface area contributed by atoms with Gasteiger partial charge in [-0.1, -0.05) is 37.3 Å². The molecule has 1 aromatic carbocycles. The zero-order chi connectivity index (χ0) is 14.3. The third-order valence-electron chi connectivity index (χ3n) is 3.43. The van der Waals surface area contributed by atoms with Crippen molar-refractivity contribution in [3.05, 3.63) is 35.9 Å². The molecule has 0 spiro atoms. The molecule has 0 amide bonds. The second-order valence-electron chi connectivity index (χ2n) is 4.95. The highest BCUT2D eigenvalue weighted by atomic mass is 16.4. The summed E-state index contributed by atoms with van der Waals surface area (Å²) in [5.74, 6) is -0.745. The lowest BCUT2D eigenvalue weighted by atomic mass is 9.85. The van der Waals surface area contributed by atoms with Gasteiger partial charge in [0.15, 0.2) is 0 Å². The van der Waals surface area contributed by atoms with Gasteiger partial charge in [-0.2, -0.15) is 0 Å². The van der Waals surface area contributed by atoms with Gasteiger partial charge in [0.2, 0.25) is 0 Å². The lowest BCUT2D eigenvalue weighted by Gasteiger charge is -2.36.